The van der Waals surface area contributed by atoms with Crippen LogP contribution in [0.2, 0.25) is 0 Å². The number of hydrogen-bond donors (Lipinski definition) is 2. The van der Waals surface area contributed by atoms with Gasteiger partial charge in [-0.1, -0.05) is 26.2 Å². The minimum atomic E-state index is -0.608. The van der Waals surface area contributed by atoms with Crippen LogP contribution in [-0.4, -0.2) is 46.7 Å². The van der Waals surface area contributed by atoms with Crippen molar-refractivity contribution in [2.45, 2.75) is 58.0 Å². The van der Waals surface area contributed by atoms with Gasteiger partial charge in [0.2, 0.25) is 5.91 Å². The molecule has 1 amide bonds. The van der Waals surface area contributed by atoms with E-state index in [1.54, 1.807) is 12.0 Å². The van der Waals surface area contributed by atoms with Crippen LogP contribution in [0.3, 0.4) is 0 Å². The minimum absolute atomic E-state index is 0.0651. The average Bonchev–Trinajstić information content (AvgIpc) is 3.36. The van der Waals surface area contributed by atoms with E-state index in [1.807, 2.05) is 31.2 Å². The third-order valence-electron chi connectivity index (χ3n) is 5.93. The summed E-state index contributed by atoms with van der Waals surface area (Å²) in [6.45, 7) is 2.85. The number of hydrogen-bond acceptors (Lipinski definition) is 7. The summed E-state index contributed by atoms with van der Waals surface area (Å²) in [6.07, 6.45) is 5.22. The maximum atomic E-state index is 13.3. The molecule has 1 aliphatic rings. The van der Waals surface area contributed by atoms with Crippen LogP contribution in [0, 0.1) is 0 Å². The van der Waals surface area contributed by atoms with Crippen LogP contribution >= 0.6 is 11.8 Å². The third kappa shape index (κ3) is 6.37. The number of aromatic nitrogens is 2. The number of methoxy groups -OCH3 is 1. The summed E-state index contributed by atoms with van der Waals surface area (Å²) >= 11 is 1.44. The summed E-state index contributed by atoms with van der Waals surface area (Å²) in [5.74, 6) is 2.17. The van der Waals surface area contributed by atoms with Gasteiger partial charge in [-0.05, 0) is 43.5 Å². The fourth-order valence-electron chi connectivity index (χ4n) is 4.14. The lowest BCUT2D eigenvalue weighted by Gasteiger charge is -2.30. The van der Waals surface area contributed by atoms with Crippen molar-refractivity contribution in [3.63, 3.8) is 0 Å². The number of H-pyrrole nitrogens is 1. The summed E-state index contributed by atoms with van der Waals surface area (Å²) < 4.78 is 12.2. The number of nitrogens with two attached hydrogens (primary N) is 1. The number of benzene rings is 1. The number of rotatable bonds is 12. The lowest BCUT2D eigenvalue weighted by Crippen LogP contribution is -2.46. The van der Waals surface area contributed by atoms with E-state index in [0.717, 1.165) is 50.0 Å². The Morgan fingerprint density at radius 1 is 1.21 bits per heavy atom. The smallest absolute Gasteiger partial charge is 0.330 e. The van der Waals surface area contributed by atoms with E-state index in [4.69, 9.17) is 15.2 Å². The maximum Gasteiger partial charge on any atom is 0.330 e. The number of amides is 1. The van der Waals surface area contributed by atoms with E-state index in [1.165, 1.54) is 16.3 Å². The largest absolute Gasteiger partial charge is 0.497 e. The molecule has 1 aromatic heterocycles. The molecule has 1 aliphatic carbocycles. The van der Waals surface area contributed by atoms with Crippen molar-refractivity contribution in [1.82, 2.24) is 9.55 Å². The first-order valence-corrected chi connectivity index (χ1v) is 12.9. The average molecular weight is 491 g/mol. The van der Waals surface area contributed by atoms with Gasteiger partial charge in [-0.25, -0.2) is 4.79 Å². The molecule has 0 radical (unpaired) electrons. The molecular formula is C24H34N4O5S. The van der Waals surface area contributed by atoms with Gasteiger partial charge in [0.05, 0.1) is 19.5 Å². The minimum Gasteiger partial charge on any atom is -0.497 e. The molecule has 10 heteroatoms. The summed E-state index contributed by atoms with van der Waals surface area (Å²) in [6, 6.07) is 7.22. The maximum absolute atomic E-state index is 13.3. The molecule has 9 nitrogen and oxygen atoms in total. The number of nitrogens with zero attached hydrogens (tertiary/aromatic N) is 2. The Hall–Kier alpha value is -2.88. The summed E-state index contributed by atoms with van der Waals surface area (Å²) in [5, 5.41) is 0. The van der Waals surface area contributed by atoms with Gasteiger partial charge in [-0.3, -0.25) is 19.1 Å². The van der Waals surface area contributed by atoms with E-state index in [9.17, 15) is 14.4 Å². The predicted molar refractivity (Wildman–Crippen MR) is 136 cm³/mol. The lowest BCUT2D eigenvalue weighted by atomic mass is 10.2. The molecule has 1 fully saturated rings. The molecule has 2 aromatic rings. The van der Waals surface area contributed by atoms with Crippen LogP contribution in [0.4, 0.5) is 11.5 Å². The second-order valence-electron chi connectivity index (χ2n) is 8.28. The highest BCUT2D eigenvalue weighted by Crippen LogP contribution is 2.30. The Labute approximate surface area is 203 Å². The highest BCUT2D eigenvalue weighted by atomic mass is 32.2. The van der Waals surface area contributed by atoms with Crippen molar-refractivity contribution in [3.05, 3.63) is 45.1 Å². The van der Waals surface area contributed by atoms with Crippen molar-refractivity contribution >= 4 is 29.2 Å². The number of unbranched alkanes of at least 4 members (excludes halogenated alkanes) is 1. The van der Waals surface area contributed by atoms with E-state index < -0.39 is 11.2 Å². The van der Waals surface area contributed by atoms with Gasteiger partial charge in [-0.15, -0.1) is 11.8 Å². The topological polar surface area (TPSA) is 120 Å². The zero-order chi connectivity index (χ0) is 24.5. The second kappa shape index (κ2) is 12.5. The summed E-state index contributed by atoms with van der Waals surface area (Å²) in [4.78, 5) is 42.3. The SMILES string of the molecule is CCCCn1c(N)c(N(C(=O)CSCCOc2ccc(OC)cc2)C2CCCC2)c(=O)[nH]c1=O. The van der Waals surface area contributed by atoms with Crippen molar-refractivity contribution in [2.75, 3.05) is 35.9 Å². The zero-order valence-electron chi connectivity index (χ0n) is 19.9. The number of aromatic amines is 1. The number of thioether (sulfide) groups is 1. The van der Waals surface area contributed by atoms with Gasteiger partial charge < -0.3 is 20.1 Å². The van der Waals surface area contributed by atoms with Crippen LogP contribution in [0.5, 0.6) is 11.5 Å². The van der Waals surface area contributed by atoms with E-state index >= 15 is 0 Å². The van der Waals surface area contributed by atoms with Crippen LogP contribution in [0.15, 0.2) is 33.9 Å². The predicted octanol–water partition coefficient (Wildman–Crippen LogP) is 3.02. The molecule has 1 heterocycles. The van der Waals surface area contributed by atoms with E-state index in [2.05, 4.69) is 4.98 Å². The van der Waals surface area contributed by atoms with Gasteiger partial charge in [0.1, 0.15) is 17.3 Å². The van der Waals surface area contributed by atoms with Crippen molar-refractivity contribution in [2.24, 2.45) is 0 Å². The number of ether oxygens (including phenoxy) is 2. The molecule has 0 atom stereocenters. The van der Waals surface area contributed by atoms with Gasteiger partial charge in [0, 0.05) is 18.3 Å². The van der Waals surface area contributed by atoms with Crippen LogP contribution < -0.4 is 31.4 Å². The summed E-state index contributed by atoms with van der Waals surface area (Å²) in [7, 11) is 1.61. The van der Waals surface area contributed by atoms with Crippen molar-refractivity contribution in [1.29, 1.82) is 0 Å². The Kier molecular flexibility index (Phi) is 9.50. The molecule has 3 N–H and O–H groups in total. The molecular weight excluding hydrogens is 456 g/mol. The molecule has 0 saturated heterocycles. The molecule has 186 valence electrons. The fourth-order valence-corrected chi connectivity index (χ4v) is 4.80. The van der Waals surface area contributed by atoms with Gasteiger partial charge in [0.15, 0.2) is 5.69 Å². The monoisotopic (exact) mass is 490 g/mol. The van der Waals surface area contributed by atoms with E-state index in [0.29, 0.717) is 18.9 Å². The standard InChI is InChI=1S/C24H34N4O5S/c1-3-4-13-27-22(25)21(23(30)26-24(27)31)28(17-7-5-6-8-17)20(29)16-34-15-14-33-19-11-9-18(32-2)10-12-19/h9-12,17H,3-8,13-16,25H2,1-2H3,(H,26,30,31). The van der Waals surface area contributed by atoms with Gasteiger partial charge >= 0.3 is 5.69 Å². The zero-order valence-corrected chi connectivity index (χ0v) is 20.7. The molecule has 0 aliphatic heterocycles. The molecule has 0 spiro atoms. The number of carbonyl (C=O) groups excluding carboxylic acids is 1. The van der Waals surface area contributed by atoms with E-state index in [-0.39, 0.29) is 29.2 Å². The molecule has 3 rings (SSSR count). The molecule has 34 heavy (non-hydrogen) atoms. The Bertz CT molecular complexity index is 1060. The molecule has 0 bridgehead atoms. The Balaban J connectivity index is 1.68. The fraction of sp³-hybridized carbons (Fsp3) is 0.542. The van der Waals surface area contributed by atoms with Crippen LogP contribution in [0.25, 0.3) is 0 Å². The number of anilines is 2. The quantitative estimate of drug-likeness (QED) is 0.439. The highest BCUT2D eigenvalue weighted by molar-refractivity contribution is 7.99. The third-order valence-corrected chi connectivity index (χ3v) is 6.84. The molecule has 1 saturated carbocycles. The normalized spacial score (nSPS) is 13.7. The molecule has 0 unspecified atom stereocenters. The number of nitrogen functional groups attached to an aromatic ring is 1. The number of nitrogens with one attached hydrogen (secondary N) is 1. The van der Waals surface area contributed by atoms with Crippen LogP contribution in [-0.2, 0) is 11.3 Å². The number of carbonyl (C=O) groups is 1. The van der Waals surface area contributed by atoms with Crippen molar-refractivity contribution in [3.8, 4) is 11.5 Å². The lowest BCUT2D eigenvalue weighted by molar-refractivity contribution is -0.116. The van der Waals surface area contributed by atoms with Gasteiger partial charge in [-0.2, -0.15) is 0 Å². The first-order chi connectivity index (χ1) is 16.5. The molecule has 1 aromatic carbocycles. The van der Waals surface area contributed by atoms with Crippen molar-refractivity contribution < 1.29 is 14.3 Å². The van der Waals surface area contributed by atoms with Gasteiger partial charge in [0.25, 0.3) is 5.56 Å². The summed E-state index contributed by atoms with van der Waals surface area (Å²) in [5.41, 5.74) is 5.26. The first-order valence-electron chi connectivity index (χ1n) is 11.8. The van der Waals surface area contributed by atoms with Crippen LogP contribution in [0.1, 0.15) is 45.4 Å². The Morgan fingerprint density at radius 2 is 1.88 bits per heavy atom. The highest BCUT2D eigenvalue weighted by Gasteiger charge is 2.32. The Morgan fingerprint density at radius 3 is 2.53 bits per heavy atom. The second-order valence-corrected chi connectivity index (χ2v) is 9.38. The first kappa shape index (κ1) is 25.7.